The van der Waals surface area contributed by atoms with E-state index in [-0.39, 0.29) is 0 Å². The zero-order chi connectivity index (χ0) is 13.2. The molecule has 0 aliphatic carbocycles. The van der Waals surface area contributed by atoms with Crippen LogP contribution in [0.15, 0.2) is 18.3 Å². The van der Waals surface area contributed by atoms with E-state index in [0.717, 1.165) is 31.3 Å². The summed E-state index contributed by atoms with van der Waals surface area (Å²) in [5, 5.41) is 3.27. The van der Waals surface area contributed by atoms with Crippen LogP contribution in [-0.4, -0.2) is 35.6 Å². The number of pyridine rings is 1. The van der Waals surface area contributed by atoms with Gasteiger partial charge in [0, 0.05) is 38.4 Å². The molecule has 0 radical (unpaired) electrons. The predicted molar refractivity (Wildman–Crippen MR) is 62.0 cm³/mol. The number of rotatable bonds is 2. The first kappa shape index (κ1) is 13.3. The topological polar surface area (TPSA) is 28.2 Å². The Balaban J connectivity index is 2.02. The van der Waals surface area contributed by atoms with Crippen molar-refractivity contribution in [1.29, 1.82) is 0 Å². The Morgan fingerprint density at radius 1 is 1.44 bits per heavy atom. The average molecular weight is 259 g/mol. The smallest absolute Gasteiger partial charge is 0.314 e. The fourth-order valence-corrected chi connectivity index (χ4v) is 2.04. The molecule has 18 heavy (non-hydrogen) atoms. The third-order valence-electron chi connectivity index (χ3n) is 3.14. The molecule has 0 spiro atoms. The fourth-order valence-electron chi connectivity index (χ4n) is 2.04. The van der Waals surface area contributed by atoms with Crippen molar-refractivity contribution in [3.05, 3.63) is 29.6 Å². The van der Waals surface area contributed by atoms with Gasteiger partial charge in [-0.1, -0.05) is 6.07 Å². The van der Waals surface area contributed by atoms with E-state index < -0.39 is 11.9 Å². The van der Waals surface area contributed by atoms with Crippen LogP contribution in [-0.2, 0) is 12.7 Å². The van der Waals surface area contributed by atoms with Crippen molar-refractivity contribution in [2.24, 2.45) is 0 Å². The molecule has 1 aliphatic heterocycles. The van der Waals surface area contributed by atoms with Crippen molar-refractivity contribution in [2.45, 2.75) is 25.7 Å². The number of nitrogens with zero attached hydrogens (tertiary/aromatic N) is 2. The molecule has 1 aromatic rings. The molecule has 0 saturated carbocycles. The summed E-state index contributed by atoms with van der Waals surface area (Å²) in [4.78, 5) is 5.71. The molecule has 2 heterocycles. The van der Waals surface area contributed by atoms with Crippen LogP contribution in [0.4, 0.5) is 13.2 Å². The van der Waals surface area contributed by atoms with E-state index in [0.29, 0.717) is 12.6 Å². The maximum atomic E-state index is 12.4. The Morgan fingerprint density at radius 3 is 2.78 bits per heavy atom. The largest absolute Gasteiger partial charge is 0.433 e. The van der Waals surface area contributed by atoms with Crippen LogP contribution < -0.4 is 5.32 Å². The lowest BCUT2D eigenvalue weighted by Gasteiger charge is -2.33. The monoisotopic (exact) mass is 259 g/mol. The van der Waals surface area contributed by atoms with Gasteiger partial charge in [-0.2, -0.15) is 13.2 Å². The highest BCUT2D eigenvalue weighted by Gasteiger charge is 2.32. The summed E-state index contributed by atoms with van der Waals surface area (Å²) < 4.78 is 37.1. The molecule has 0 aromatic carbocycles. The fraction of sp³-hybridized carbons (Fsp3) is 0.583. The quantitative estimate of drug-likeness (QED) is 0.879. The number of hydrogen-bond acceptors (Lipinski definition) is 3. The second-order valence-electron chi connectivity index (χ2n) is 4.57. The molecule has 1 unspecified atom stereocenters. The van der Waals surface area contributed by atoms with E-state index >= 15 is 0 Å². The van der Waals surface area contributed by atoms with Gasteiger partial charge in [-0.3, -0.25) is 9.88 Å². The van der Waals surface area contributed by atoms with E-state index in [1.54, 1.807) is 0 Å². The van der Waals surface area contributed by atoms with E-state index in [1.165, 1.54) is 12.3 Å². The van der Waals surface area contributed by atoms with Crippen LogP contribution in [0.25, 0.3) is 0 Å². The van der Waals surface area contributed by atoms with E-state index in [4.69, 9.17) is 0 Å². The molecule has 0 bridgehead atoms. The Labute approximate surface area is 104 Å². The lowest BCUT2D eigenvalue weighted by Crippen LogP contribution is -2.49. The minimum absolute atomic E-state index is 0.390. The van der Waals surface area contributed by atoms with Crippen molar-refractivity contribution in [3.8, 4) is 0 Å². The summed E-state index contributed by atoms with van der Waals surface area (Å²) in [7, 11) is 0. The van der Waals surface area contributed by atoms with E-state index in [2.05, 4.69) is 22.1 Å². The standard InChI is InChI=1S/C12H16F3N3/c1-9-6-16-4-5-18(9)8-10-2-3-11(17-7-10)12(13,14)15/h2-3,7,9,16H,4-6,8H2,1H3. The van der Waals surface area contributed by atoms with Gasteiger partial charge in [-0.25, -0.2) is 0 Å². The van der Waals surface area contributed by atoms with Crippen LogP contribution in [0.3, 0.4) is 0 Å². The summed E-state index contributed by atoms with van der Waals surface area (Å²) >= 11 is 0. The van der Waals surface area contributed by atoms with Gasteiger partial charge in [0.2, 0.25) is 0 Å². The number of piperazine rings is 1. The van der Waals surface area contributed by atoms with Crippen molar-refractivity contribution in [3.63, 3.8) is 0 Å². The van der Waals surface area contributed by atoms with Gasteiger partial charge in [-0.15, -0.1) is 0 Å². The zero-order valence-corrected chi connectivity index (χ0v) is 10.2. The third-order valence-corrected chi connectivity index (χ3v) is 3.14. The molecule has 1 N–H and O–H groups in total. The molecule has 1 fully saturated rings. The lowest BCUT2D eigenvalue weighted by atomic mass is 10.1. The highest BCUT2D eigenvalue weighted by molar-refractivity contribution is 5.16. The second kappa shape index (κ2) is 5.24. The molecule has 0 amide bonds. The predicted octanol–water partition coefficient (Wildman–Crippen LogP) is 1.89. The molecule has 1 saturated heterocycles. The summed E-state index contributed by atoms with van der Waals surface area (Å²) in [5.74, 6) is 0. The molecule has 1 atom stereocenters. The first-order chi connectivity index (χ1) is 8.47. The first-order valence-electron chi connectivity index (χ1n) is 5.94. The summed E-state index contributed by atoms with van der Waals surface area (Å²) in [5.41, 5.74) is -0.0173. The molecular weight excluding hydrogens is 243 g/mol. The molecular formula is C12H16F3N3. The van der Waals surface area contributed by atoms with Crippen LogP contribution in [0.1, 0.15) is 18.2 Å². The number of aromatic nitrogens is 1. The lowest BCUT2D eigenvalue weighted by molar-refractivity contribution is -0.141. The summed E-state index contributed by atoms with van der Waals surface area (Å²) in [6.07, 6.45) is -3.04. The molecule has 3 nitrogen and oxygen atoms in total. The Morgan fingerprint density at radius 2 is 2.22 bits per heavy atom. The van der Waals surface area contributed by atoms with Crippen molar-refractivity contribution in [1.82, 2.24) is 15.2 Å². The Hall–Kier alpha value is -1.14. The van der Waals surface area contributed by atoms with Crippen LogP contribution >= 0.6 is 0 Å². The minimum atomic E-state index is -4.36. The van der Waals surface area contributed by atoms with Gasteiger partial charge in [-0.05, 0) is 18.6 Å². The molecule has 1 aromatic heterocycles. The van der Waals surface area contributed by atoms with E-state index in [1.807, 2.05) is 0 Å². The van der Waals surface area contributed by atoms with Crippen LogP contribution in [0.2, 0.25) is 0 Å². The number of nitrogens with one attached hydrogen (secondary N) is 1. The van der Waals surface area contributed by atoms with Crippen molar-refractivity contribution >= 4 is 0 Å². The molecule has 1 aliphatic rings. The normalized spacial score (nSPS) is 22.1. The highest BCUT2D eigenvalue weighted by atomic mass is 19.4. The zero-order valence-electron chi connectivity index (χ0n) is 10.2. The van der Waals surface area contributed by atoms with Gasteiger partial charge in [0.15, 0.2) is 0 Å². The van der Waals surface area contributed by atoms with Crippen molar-refractivity contribution in [2.75, 3.05) is 19.6 Å². The number of hydrogen-bond donors (Lipinski definition) is 1. The Bertz CT molecular complexity index is 389. The summed E-state index contributed by atoms with van der Waals surface area (Å²) in [6.45, 7) is 5.48. The second-order valence-corrected chi connectivity index (χ2v) is 4.57. The van der Waals surface area contributed by atoms with Gasteiger partial charge >= 0.3 is 6.18 Å². The number of halogens is 3. The molecule has 2 rings (SSSR count). The molecule has 100 valence electrons. The SMILES string of the molecule is CC1CNCCN1Cc1ccc(C(F)(F)F)nc1. The Kier molecular flexibility index (Phi) is 3.87. The maximum Gasteiger partial charge on any atom is 0.433 e. The minimum Gasteiger partial charge on any atom is -0.314 e. The number of alkyl halides is 3. The van der Waals surface area contributed by atoms with Gasteiger partial charge in [0.25, 0.3) is 0 Å². The van der Waals surface area contributed by atoms with Gasteiger partial charge in [0.1, 0.15) is 5.69 Å². The summed E-state index contributed by atoms with van der Waals surface area (Å²) in [6, 6.07) is 2.94. The van der Waals surface area contributed by atoms with Crippen LogP contribution in [0.5, 0.6) is 0 Å². The van der Waals surface area contributed by atoms with E-state index in [9.17, 15) is 13.2 Å². The molecule has 6 heteroatoms. The van der Waals surface area contributed by atoms with Gasteiger partial charge < -0.3 is 5.32 Å². The first-order valence-corrected chi connectivity index (χ1v) is 5.94. The van der Waals surface area contributed by atoms with Crippen LogP contribution in [0, 0.1) is 0 Å². The average Bonchev–Trinajstić information content (AvgIpc) is 2.32. The van der Waals surface area contributed by atoms with Crippen molar-refractivity contribution < 1.29 is 13.2 Å². The third kappa shape index (κ3) is 3.20. The van der Waals surface area contributed by atoms with Gasteiger partial charge in [0.05, 0.1) is 0 Å². The maximum absolute atomic E-state index is 12.4. The highest BCUT2D eigenvalue weighted by Crippen LogP contribution is 2.27.